The number of rotatable bonds is 9. The molecule has 6 heteroatoms. The Morgan fingerprint density at radius 2 is 1.25 bits per heavy atom. The Hall–Kier alpha value is -0.408. The number of carbonyl (C=O) groups excluding carboxylic acids is 2. The Bertz CT molecular complexity index is 259. The fourth-order valence-electron chi connectivity index (χ4n) is 1.26. The van der Waals surface area contributed by atoms with E-state index in [-0.39, 0.29) is 36.4 Å². The van der Waals surface area contributed by atoms with Crippen LogP contribution in [0.3, 0.4) is 0 Å². The second kappa shape index (κ2) is 22.6. The van der Waals surface area contributed by atoms with Crippen molar-refractivity contribution >= 4 is 29.1 Å². The van der Waals surface area contributed by atoms with Gasteiger partial charge in [-0.1, -0.05) is 72.1 Å². The van der Waals surface area contributed by atoms with E-state index in [1.54, 1.807) is 0 Å². The summed E-state index contributed by atoms with van der Waals surface area (Å²) in [7, 11) is 0. The molecule has 0 aliphatic carbocycles. The molecule has 24 heavy (non-hydrogen) atoms. The third-order valence-corrected chi connectivity index (χ3v) is 2.79. The predicted octanol–water partition coefficient (Wildman–Crippen LogP) is 0.537. The fourth-order valence-corrected chi connectivity index (χ4v) is 1.26. The molecule has 5 nitrogen and oxygen atoms in total. The Morgan fingerprint density at radius 1 is 0.875 bits per heavy atom. The van der Waals surface area contributed by atoms with Gasteiger partial charge in [-0.25, -0.2) is 0 Å². The van der Waals surface area contributed by atoms with E-state index in [4.69, 9.17) is 0 Å². The first-order chi connectivity index (χ1) is 10.6. The zero-order valence-corrected chi connectivity index (χ0v) is 17.5. The van der Waals surface area contributed by atoms with Crippen molar-refractivity contribution < 1.29 is 24.9 Å². The number of hydrogen-bond donors (Lipinski definition) is 0. The molecule has 0 saturated heterocycles. The van der Waals surface area contributed by atoms with Crippen LogP contribution in [0.4, 0.5) is 0 Å². The van der Waals surface area contributed by atoms with Gasteiger partial charge in [0.1, 0.15) is 5.78 Å². The maximum absolute atomic E-state index is 10.8. The number of Topliss-reactive ketones (excluding diaryl/α,β-unsaturated/α-hetero) is 1. The fraction of sp³-hybridized carbons (Fsp3) is 0.889. The molecule has 0 amide bonds. The predicted molar refractivity (Wildman–Crippen MR) is 93.1 cm³/mol. The van der Waals surface area contributed by atoms with E-state index in [1.165, 1.54) is 6.92 Å². The van der Waals surface area contributed by atoms with Gasteiger partial charge in [0.25, 0.3) is 0 Å². The van der Waals surface area contributed by atoms with Gasteiger partial charge < -0.3 is 20.1 Å². The monoisotopic (exact) mass is 358 g/mol. The molecule has 0 fully saturated rings. The van der Waals surface area contributed by atoms with Crippen LogP contribution >= 0.6 is 0 Å². The van der Waals surface area contributed by atoms with Crippen molar-refractivity contribution in [2.24, 2.45) is 17.8 Å². The number of carboxylic acids is 1. The molecule has 0 saturated carbocycles. The average Bonchev–Trinajstić information content (AvgIpc) is 2.47. The van der Waals surface area contributed by atoms with E-state index < -0.39 is 11.9 Å². The first kappa shape index (κ1) is 31.4. The van der Waals surface area contributed by atoms with E-state index in [2.05, 4.69) is 6.92 Å². The van der Waals surface area contributed by atoms with Crippen LogP contribution in [0.5, 0.6) is 0 Å². The molecule has 0 aromatic rings. The molecule has 0 aliphatic heterocycles. The molecule has 0 rings (SSSR count). The van der Waals surface area contributed by atoms with Gasteiger partial charge in [-0.2, -0.15) is 0 Å². The normalized spacial score (nSPS) is 10.8. The van der Waals surface area contributed by atoms with Gasteiger partial charge in [0.05, 0.1) is 11.9 Å². The number of ketones is 1. The summed E-state index contributed by atoms with van der Waals surface area (Å²) in [6.07, 6.45) is 4.42. The summed E-state index contributed by atoms with van der Waals surface area (Å²) < 4.78 is 0. The van der Waals surface area contributed by atoms with Crippen LogP contribution < -0.4 is 15.3 Å². The Labute approximate surface area is 159 Å². The molecule has 0 aliphatic rings. The molecule has 1 atom stereocenters. The van der Waals surface area contributed by atoms with Crippen LogP contribution in [0.2, 0.25) is 0 Å². The van der Waals surface area contributed by atoms with Crippen molar-refractivity contribution in [3.8, 4) is 0 Å². The molecular weight excluding hydrogens is 323 g/mol. The van der Waals surface area contributed by atoms with Gasteiger partial charge in [0, 0.05) is 0 Å². The van der Waals surface area contributed by atoms with Gasteiger partial charge in [0.15, 0.2) is 0 Å². The average molecular weight is 358 g/mol. The zero-order chi connectivity index (χ0) is 18.8. The molecule has 0 radical (unpaired) electrons. The topological polar surface area (TPSA) is 103 Å². The number of hydrogen-bond acceptors (Lipinski definition) is 5. The number of aliphatic carboxylic acids is 1. The molecule has 140 valence electrons. The molecular formula is C18H35AlO5. The summed E-state index contributed by atoms with van der Waals surface area (Å²) in [4.78, 5) is 21.3. The van der Waals surface area contributed by atoms with E-state index in [0.717, 1.165) is 25.7 Å². The zero-order valence-electron chi connectivity index (χ0n) is 16.3. The summed E-state index contributed by atoms with van der Waals surface area (Å²) in [5.41, 5.74) is 0. The van der Waals surface area contributed by atoms with Crippen molar-refractivity contribution in [2.45, 2.75) is 73.6 Å². The van der Waals surface area contributed by atoms with E-state index >= 15 is 0 Å². The van der Waals surface area contributed by atoms with Crippen LogP contribution in [-0.4, -0.2) is 42.3 Å². The Kier molecular flexibility index (Phi) is 29.5. The van der Waals surface area contributed by atoms with Crippen molar-refractivity contribution in [1.82, 2.24) is 0 Å². The second-order valence-electron chi connectivity index (χ2n) is 6.45. The van der Waals surface area contributed by atoms with E-state index in [9.17, 15) is 24.9 Å². The summed E-state index contributed by atoms with van der Waals surface area (Å²) in [5.74, 6) is -1.76. The van der Waals surface area contributed by atoms with Crippen LogP contribution in [0, 0.1) is 17.8 Å². The third kappa shape index (κ3) is 29.6. The van der Waals surface area contributed by atoms with Gasteiger partial charge in [0.2, 0.25) is 0 Å². The number of carboxylic acid groups (broad SMARTS) is 1. The summed E-state index contributed by atoms with van der Waals surface area (Å²) in [5, 5.41) is 29.7. The molecule has 0 aromatic carbocycles. The van der Waals surface area contributed by atoms with E-state index in [0.29, 0.717) is 18.3 Å². The molecule has 0 bridgehead atoms. The van der Waals surface area contributed by atoms with Crippen LogP contribution in [0.25, 0.3) is 0 Å². The smallest absolute Gasteiger partial charge is 0.854 e. The molecule has 1 unspecified atom stereocenters. The third-order valence-electron chi connectivity index (χ3n) is 2.79. The van der Waals surface area contributed by atoms with Crippen LogP contribution in [-0.2, 0) is 9.59 Å². The van der Waals surface area contributed by atoms with Crippen molar-refractivity contribution in [3.05, 3.63) is 0 Å². The first-order valence-electron chi connectivity index (χ1n) is 8.51. The second-order valence-corrected chi connectivity index (χ2v) is 6.45. The van der Waals surface area contributed by atoms with Gasteiger partial charge in [-0.05, 0) is 13.3 Å². The molecule has 0 N–H and O–H groups in total. The Balaban J connectivity index is -0.000000151. The quantitative estimate of drug-likeness (QED) is 0.340. The first-order valence-corrected chi connectivity index (χ1v) is 8.51. The largest absolute Gasteiger partial charge is 3.00 e. The minimum Gasteiger partial charge on any atom is -0.854 e. The Morgan fingerprint density at radius 3 is 1.46 bits per heavy atom. The van der Waals surface area contributed by atoms with Crippen molar-refractivity contribution in [2.75, 3.05) is 13.2 Å². The van der Waals surface area contributed by atoms with E-state index in [1.807, 2.05) is 27.7 Å². The summed E-state index contributed by atoms with van der Waals surface area (Å²) >= 11 is 0. The van der Waals surface area contributed by atoms with Crippen molar-refractivity contribution in [1.29, 1.82) is 0 Å². The maximum Gasteiger partial charge on any atom is 3.00 e. The number of carbonyl (C=O) groups is 2. The standard InChI is InChI=1S/C10H18O3.2C4H9O.Al/c1-3-4-5-6-7-9(8(2)11)10(12)13;2*1-4(2)3-5;/h9H,3-7H2,1-2H3,(H,12,13);2*4H,3H2,1-2H3;/q;2*-1;+3/p-1. The molecule has 0 aromatic heterocycles. The van der Waals surface area contributed by atoms with Crippen molar-refractivity contribution in [3.63, 3.8) is 0 Å². The summed E-state index contributed by atoms with van der Waals surface area (Å²) in [6, 6.07) is 0. The van der Waals surface area contributed by atoms with Crippen LogP contribution in [0.1, 0.15) is 73.6 Å². The van der Waals surface area contributed by atoms with Crippen LogP contribution in [0.15, 0.2) is 0 Å². The molecule has 0 spiro atoms. The summed E-state index contributed by atoms with van der Waals surface area (Å²) in [6.45, 7) is 11.1. The number of unbranched alkanes of at least 4 members (excludes halogenated alkanes) is 3. The minimum atomic E-state index is -1.23. The maximum atomic E-state index is 10.8. The van der Waals surface area contributed by atoms with Gasteiger partial charge in [-0.15, -0.1) is 13.2 Å². The van der Waals surface area contributed by atoms with Gasteiger partial charge in [-0.3, -0.25) is 4.79 Å². The minimum absolute atomic E-state index is 0. The molecule has 0 heterocycles. The van der Waals surface area contributed by atoms with Gasteiger partial charge >= 0.3 is 17.4 Å². The SMILES string of the molecule is CC(C)C[O-].CC(C)C[O-].CCCCCCC(C(C)=O)C(=O)[O-].[Al+3].